The number of benzene rings is 1. The van der Waals surface area contributed by atoms with Crippen LogP contribution in [0.15, 0.2) is 24.3 Å². The summed E-state index contributed by atoms with van der Waals surface area (Å²) in [6, 6.07) is 5.98. The number of nitrogens with one attached hydrogen (secondary N) is 2. The van der Waals surface area contributed by atoms with E-state index in [1.165, 1.54) is 11.9 Å². The van der Waals surface area contributed by atoms with Crippen molar-refractivity contribution in [1.82, 2.24) is 10.2 Å². The minimum Gasteiger partial charge on any atom is -0.396 e. The minimum absolute atomic E-state index is 0.00397. The lowest BCUT2D eigenvalue weighted by Gasteiger charge is -2.34. The van der Waals surface area contributed by atoms with Crippen molar-refractivity contribution >= 4 is 50.9 Å². The maximum absolute atomic E-state index is 13.5. The first-order valence-electron chi connectivity index (χ1n) is 10.4. The first kappa shape index (κ1) is 22.5. The number of carbonyl (C=O) groups is 3. The number of aliphatic hydroxyl groups excluding tert-OH is 1. The Kier molecular flexibility index (Phi) is 6.31. The molecule has 3 saturated heterocycles. The molecule has 0 aliphatic carbocycles. The van der Waals surface area contributed by atoms with Crippen molar-refractivity contribution in [3.8, 4) is 0 Å². The lowest BCUT2D eigenvalue weighted by atomic mass is 9.70. The van der Waals surface area contributed by atoms with Crippen LogP contribution in [0.5, 0.6) is 0 Å². The van der Waals surface area contributed by atoms with E-state index in [1.807, 2.05) is 0 Å². The van der Waals surface area contributed by atoms with Crippen LogP contribution in [0.4, 0.5) is 5.69 Å². The Hall–Kier alpha value is -1.68. The van der Waals surface area contributed by atoms with Crippen LogP contribution >= 0.6 is 27.5 Å². The molecule has 3 aliphatic rings. The molecular formula is C21H25BrClN3O5. The van der Waals surface area contributed by atoms with E-state index in [4.69, 9.17) is 16.3 Å². The first-order valence-corrected chi connectivity index (χ1v) is 11.6. The highest BCUT2D eigenvalue weighted by atomic mass is 79.9. The van der Waals surface area contributed by atoms with Crippen LogP contribution in [-0.2, 0) is 19.1 Å². The van der Waals surface area contributed by atoms with Gasteiger partial charge in [-0.2, -0.15) is 0 Å². The SMILES string of the molecule is CNC(=O)[C@H]1[C@H]2C(=O)N(CCCCO)C(C(=O)Nc3ccccc3Cl)C23CC(Br)[C@@H]1O3. The van der Waals surface area contributed by atoms with Crippen LogP contribution < -0.4 is 10.6 Å². The van der Waals surface area contributed by atoms with Crippen molar-refractivity contribution in [3.63, 3.8) is 0 Å². The van der Waals surface area contributed by atoms with Crippen LogP contribution in [0.2, 0.25) is 5.02 Å². The Labute approximate surface area is 193 Å². The summed E-state index contributed by atoms with van der Waals surface area (Å²) in [6.45, 7) is 0.287. The molecule has 1 aromatic rings. The smallest absolute Gasteiger partial charge is 0.250 e. The summed E-state index contributed by atoms with van der Waals surface area (Å²) in [6.07, 6.45) is 0.999. The van der Waals surface area contributed by atoms with E-state index in [2.05, 4.69) is 26.6 Å². The van der Waals surface area contributed by atoms with Crippen LogP contribution in [0.3, 0.4) is 0 Å². The Morgan fingerprint density at radius 3 is 2.74 bits per heavy atom. The van der Waals surface area contributed by atoms with Gasteiger partial charge in [0.05, 0.1) is 28.6 Å². The maximum Gasteiger partial charge on any atom is 0.250 e. The number of fused-ring (bicyclic) bond motifs is 1. The summed E-state index contributed by atoms with van der Waals surface area (Å²) in [5.74, 6) is -2.33. The molecule has 3 aliphatic heterocycles. The normalized spacial score (nSPS) is 33.5. The van der Waals surface area contributed by atoms with Crippen molar-refractivity contribution in [2.45, 2.75) is 41.8 Å². The molecule has 31 heavy (non-hydrogen) atoms. The molecule has 168 valence electrons. The summed E-state index contributed by atoms with van der Waals surface area (Å²) in [5.41, 5.74) is -0.653. The third kappa shape index (κ3) is 3.55. The largest absolute Gasteiger partial charge is 0.396 e. The van der Waals surface area contributed by atoms with Gasteiger partial charge in [-0.15, -0.1) is 0 Å². The Balaban J connectivity index is 1.71. The first-order chi connectivity index (χ1) is 14.9. The number of alkyl halides is 1. The van der Waals surface area contributed by atoms with Crippen LogP contribution in [0.25, 0.3) is 0 Å². The van der Waals surface area contributed by atoms with Gasteiger partial charge >= 0.3 is 0 Å². The molecule has 1 spiro atoms. The predicted molar refractivity (Wildman–Crippen MR) is 118 cm³/mol. The average Bonchev–Trinajstić information content (AvgIpc) is 3.33. The zero-order valence-corrected chi connectivity index (χ0v) is 19.4. The van der Waals surface area contributed by atoms with Gasteiger partial charge in [-0.25, -0.2) is 0 Å². The third-order valence-electron chi connectivity index (χ3n) is 6.53. The van der Waals surface area contributed by atoms with Crippen molar-refractivity contribution in [3.05, 3.63) is 29.3 Å². The van der Waals surface area contributed by atoms with Gasteiger partial charge in [-0.3, -0.25) is 14.4 Å². The van der Waals surface area contributed by atoms with E-state index in [0.717, 1.165) is 0 Å². The second-order valence-electron chi connectivity index (χ2n) is 8.21. The molecule has 8 nitrogen and oxygen atoms in total. The topological polar surface area (TPSA) is 108 Å². The molecule has 3 amide bonds. The fourth-order valence-electron chi connectivity index (χ4n) is 5.29. The molecule has 3 fully saturated rings. The summed E-state index contributed by atoms with van der Waals surface area (Å²) in [7, 11) is 1.53. The molecule has 3 N–H and O–H groups in total. The quantitative estimate of drug-likeness (QED) is 0.378. The highest BCUT2D eigenvalue weighted by Crippen LogP contribution is 2.60. The number of likely N-dealkylation sites (tertiary alicyclic amines) is 1. The molecule has 6 atom stereocenters. The number of ether oxygens (including phenoxy) is 1. The molecule has 1 aromatic carbocycles. The Bertz CT molecular complexity index is 902. The summed E-state index contributed by atoms with van der Waals surface area (Å²) >= 11 is 9.83. The van der Waals surface area contributed by atoms with Crippen molar-refractivity contribution in [1.29, 1.82) is 0 Å². The van der Waals surface area contributed by atoms with Crippen molar-refractivity contribution < 1.29 is 24.2 Å². The lowest BCUT2D eigenvalue weighted by molar-refractivity contribution is -0.140. The van der Waals surface area contributed by atoms with E-state index >= 15 is 0 Å². The van der Waals surface area contributed by atoms with Crippen molar-refractivity contribution in [2.75, 3.05) is 25.5 Å². The number of aliphatic hydroxyl groups is 1. The number of rotatable bonds is 7. The number of amides is 3. The fraction of sp³-hybridized carbons (Fsp3) is 0.571. The molecule has 3 heterocycles. The van der Waals surface area contributed by atoms with E-state index in [-0.39, 0.29) is 23.2 Å². The van der Waals surface area contributed by atoms with E-state index in [9.17, 15) is 19.5 Å². The van der Waals surface area contributed by atoms with Crippen molar-refractivity contribution in [2.24, 2.45) is 11.8 Å². The van der Waals surface area contributed by atoms with Gasteiger partial charge in [-0.05, 0) is 31.4 Å². The molecule has 4 rings (SSSR count). The number of nitrogens with zero attached hydrogens (tertiary/aromatic N) is 1. The number of hydrogen-bond donors (Lipinski definition) is 3. The number of carbonyl (C=O) groups excluding carboxylic acids is 3. The zero-order chi connectivity index (χ0) is 22.3. The van der Waals surface area contributed by atoms with Crippen LogP contribution in [0, 0.1) is 11.8 Å². The van der Waals surface area contributed by atoms with E-state index in [0.29, 0.717) is 36.5 Å². The molecule has 0 saturated carbocycles. The molecule has 0 radical (unpaired) electrons. The highest BCUT2D eigenvalue weighted by molar-refractivity contribution is 9.09. The van der Waals surface area contributed by atoms with Gasteiger partial charge in [0.15, 0.2) is 0 Å². The van der Waals surface area contributed by atoms with Gasteiger partial charge in [-0.1, -0.05) is 39.7 Å². The number of anilines is 1. The highest BCUT2D eigenvalue weighted by Gasteiger charge is 2.76. The number of para-hydroxylation sites is 1. The summed E-state index contributed by atoms with van der Waals surface area (Å²) in [4.78, 5) is 41.1. The average molecular weight is 515 g/mol. The van der Waals surface area contributed by atoms with Gasteiger partial charge in [0.2, 0.25) is 17.7 Å². The monoisotopic (exact) mass is 513 g/mol. The molecule has 3 unspecified atom stereocenters. The fourth-order valence-corrected chi connectivity index (χ4v) is 6.42. The minimum atomic E-state index is -1.10. The molecule has 0 aromatic heterocycles. The molecular weight excluding hydrogens is 490 g/mol. The number of hydrogen-bond acceptors (Lipinski definition) is 5. The van der Waals surface area contributed by atoms with Gasteiger partial charge in [0, 0.05) is 25.0 Å². The second kappa shape index (κ2) is 8.69. The van der Waals surface area contributed by atoms with Crippen LogP contribution in [0.1, 0.15) is 19.3 Å². The maximum atomic E-state index is 13.5. The van der Waals surface area contributed by atoms with Crippen LogP contribution in [-0.4, -0.2) is 70.5 Å². The van der Waals surface area contributed by atoms with Gasteiger partial charge < -0.3 is 25.4 Å². The number of unbranched alkanes of at least 4 members (excludes halogenated alkanes) is 1. The number of halogens is 2. The Morgan fingerprint density at radius 2 is 2.06 bits per heavy atom. The van der Waals surface area contributed by atoms with E-state index in [1.54, 1.807) is 24.3 Å². The molecule has 2 bridgehead atoms. The van der Waals surface area contributed by atoms with E-state index < -0.39 is 35.5 Å². The Morgan fingerprint density at radius 1 is 1.32 bits per heavy atom. The molecule has 10 heteroatoms. The third-order valence-corrected chi connectivity index (χ3v) is 7.70. The van der Waals surface area contributed by atoms with Gasteiger partial charge in [0.1, 0.15) is 11.6 Å². The second-order valence-corrected chi connectivity index (χ2v) is 9.79. The standard InChI is InChI=1S/C21H25BrClN3O5/c1-24-18(28)14-15-20(30)26(8-4-5-9-27)17(21(15)10-11(22)16(14)31-21)19(29)25-13-7-3-2-6-12(13)23/h2-3,6-7,11,14-17,27H,4-5,8-10H2,1H3,(H,24,28)(H,25,29)/t11?,14-,15-,16-,17?,21?/m0/s1. The summed E-state index contributed by atoms with van der Waals surface area (Å²) in [5, 5.41) is 15.0. The zero-order valence-electron chi connectivity index (χ0n) is 17.0. The lowest BCUT2D eigenvalue weighted by Crippen LogP contribution is -2.54. The summed E-state index contributed by atoms with van der Waals surface area (Å²) < 4.78 is 6.33. The van der Waals surface area contributed by atoms with Gasteiger partial charge in [0.25, 0.3) is 0 Å². The predicted octanol–water partition coefficient (Wildman–Crippen LogP) is 1.54.